The van der Waals surface area contributed by atoms with Crippen LogP contribution in [0.15, 0.2) is 54.6 Å². The van der Waals surface area contributed by atoms with Crippen LogP contribution in [0, 0.1) is 10.1 Å². The number of non-ortho nitro benzene ring substituents is 1. The van der Waals surface area contributed by atoms with Crippen molar-refractivity contribution >= 4 is 17.5 Å². The zero-order valence-corrected chi connectivity index (χ0v) is 11.6. The van der Waals surface area contributed by atoms with Crippen molar-refractivity contribution in [3.05, 3.63) is 81.4 Å². The molecule has 0 spiro atoms. The predicted octanol–water partition coefficient (Wildman–Crippen LogP) is 4.51. The van der Waals surface area contributed by atoms with E-state index in [1.165, 1.54) is 36.4 Å². The number of hydrogen-bond acceptors (Lipinski definition) is 3. The monoisotopic (exact) mass is 321 g/mol. The highest BCUT2D eigenvalue weighted by Crippen LogP contribution is 2.29. The highest BCUT2D eigenvalue weighted by molar-refractivity contribution is 6.06. The Morgan fingerprint density at radius 2 is 1.74 bits per heavy atom. The molecule has 0 aliphatic heterocycles. The van der Waals surface area contributed by atoms with Crippen molar-refractivity contribution < 1.29 is 22.9 Å². The number of nitro groups is 1. The van der Waals surface area contributed by atoms with Crippen LogP contribution in [0.25, 0.3) is 6.08 Å². The van der Waals surface area contributed by atoms with Gasteiger partial charge in [-0.25, -0.2) is 0 Å². The molecule has 0 N–H and O–H groups in total. The number of carbonyl (C=O) groups is 1. The Bertz CT molecular complexity index is 765. The lowest BCUT2D eigenvalue weighted by Gasteiger charge is -2.07. The van der Waals surface area contributed by atoms with Gasteiger partial charge in [-0.1, -0.05) is 18.2 Å². The van der Waals surface area contributed by atoms with Crippen molar-refractivity contribution in [2.75, 3.05) is 0 Å². The predicted molar refractivity (Wildman–Crippen MR) is 77.9 cm³/mol. The third-order valence-electron chi connectivity index (χ3n) is 3.01. The molecule has 0 atom stereocenters. The van der Waals surface area contributed by atoms with Gasteiger partial charge < -0.3 is 0 Å². The molecule has 0 bridgehead atoms. The highest BCUT2D eigenvalue weighted by Gasteiger charge is 2.30. The van der Waals surface area contributed by atoms with E-state index >= 15 is 0 Å². The quantitative estimate of drug-likeness (QED) is 0.360. The Balaban J connectivity index is 2.17. The summed E-state index contributed by atoms with van der Waals surface area (Å²) < 4.78 is 37.8. The van der Waals surface area contributed by atoms with Crippen LogP contribution in [-0.2, 0) is 6.18 Å². The van der Waals surface area contributed by atoms with Crippen LogP contribution in [0.5, 0.6) is 0 Å². The minimum Gasteiger partial charge on any atom is -0.289 e. The molecule has 2 rings (SSSR count). The van der Waals surface area contributed by atoms with E-state index in [4.69, 9.17) is 0 Å². The van der Waals surface area contributed by atoms with Gasteiger partial charge in [0.15, 0.2) is 5.78 Å². The van der Waals surface area contributed by atoms with Gasteiger partial charge in [0, 0.05) is 17.7 Å². The second-order valence-corrected chi connectivity index (χ2v) is 4.62. The number of hydrogen-bond donors (Lipinski definition) is 0. The van der Waals surface area contributed by atoms with E-state index in [2.05, 4.69) is 0 Å². The van der Waals surface area contributed by atoms with Crippen molar-refractivity contribution in [1.82, 2.24) is 0 Å². The fourth-order valence-corrected chi connectivity index (χ4v) is 1.82. The van der Waals surface area contributed by atoms with Crippen LogP contribution in [0.3, 0.4) is 0 Å². The Kier molecular flexibility index (Phi) is 4.59. The molecule has 0 aliphatic rings. The third kappa shape index (κ3) is 4.26. The number of rotatable bonds is 4. The Morgan fingerprint density at radius 3 is 2.30 bits per heavy atom. The molecule has 23 heavy (non-hydrogen) atoms. The zero-order valence-electron chi connectivity index (χ0n) is 11.6. The van der Waals surface area contributed by atoms with Gasteiger partial charge in [0.05, 0.1) is 10.5 Å². The van der Waals surface area contributed by atoms with Crippen molar-refractivity contribution in [3.63, 3.8) is 0 Å². The summed E-state index contributed by atoms with van der Waals surface area (Å²) in [7, 11) is 0. The summed E-state index contributed by atoms with van der Waals surface area (Å²) in [6, 6.07) is 9.54. The molecule has 0 fully saturated rings. The number of halogens is 3. The topological polar surface area (TPSA) is 60.2 Å². The molecule has 7 heteroatoms. The van der Waals surface area contributed by atoms with Crippen LogP contribution in [0.4, 0.5) is 18.9 Å². The standard InChI is InChI=1S/C16H10F3NO3/c17-16(18,19)13-3-1-2-12(10-13)15(21)9-6-11-4-7-14(8-5-11)20(22)23/h1-10H/b9-6-. The fraction of sp³-hybridized carbons (Fsp3) is 0.0625. The maximum Gasteiger partial charge on any atom is 0.416 e. The van der Waals surface area contributed by atoms with Crippen LogP contribution in [0.2, 0.25) is 0 Å². The van der Waals surface area contributed by atoms with Gasteiger partial charge in [-0.05, 0) is 35.9 Å². The zero-order chi connectivity index (χ0) is 17.0. The van der Waals surface area contributed by atoms with E-state index < -0.39 is 22.4 Å². The SMILES string of the molecule is O=C(/C=C\c1ccc([N+](=O)[O-])cc1)c1cccc(C(F)(F)F)c1. The van der Waals surface area contributed by atoms with Gasteiger partial charge in [-0.15, -0.1) is 0 Å². The van der Waals surface area contributed by atoms with E-state index in [1.807, 2.05) is 0 Å². The number of alkyl halides is 3. The number of nitro benzene ring substituents is 1. The first-order valence-corrected chi connectivity index (χ1v) is 6.41. The molecule has 118 valence electrons. The Labute approximate surface area is 129 Å². The molecule has 0 saturated carbocycles. The molecule has 0 heterocycles. The number of nitrogens with zero attached hydrogens (tertiary/aromatic N) is 1. The highest BCUT2D eigenvalue weighted by atomic mass is 19.4. The minimum absolute atomic E-state index is 0.0852. The molecule has 0 radical (unpaired) electrons. The summed E-state index contributed by atoms with van der Waals surface area (Å²) in [5.41, 5.74) is -0.549. The average molecular weight is 321 g/mol. The largest absolute Gasteiger partial charge is 0.416 e. The first kappa shape index (κ1) is 16.4. The molecular formula is C16H10F3NO3. The van der Waals surface area contributed by atoms with Gasteiger partial charge in [0.25, 0.3) is 5.69 Å². The van der Waals surface area contributed by atoms with Crippen molar-refractivity contribution in [2.24, 2.45) is 0 Å². The van der Waals surface area contributed by atoms with Crippen LogP contribution >= 0.6 is 0 Å². The lowest BCUT2D eigenvalue weighted by molar-refractivity contribution is -0.384. The second kappa shape index (κ2) is 6.43. The molecule has 0 saturated heterocycles. The van der Waals surface area contributed by atoms with Gasteiger partial charge in [0.2, 0.25) is 0 Å². The van der Waals surface area contributed by atoms with Crippen LogP contribution in [-0.4, -0.2) is 10.7 Å². The summed E-state index contributed by atoms with van der Waals surface area (Å²) in [5.74, 6) is -0.588. The van der Waals surface area contributed by atoms with E-state index in [1.54, 1.807) is 0 Å². The van der Waals surface area contributed by atoms with Gasteiger partial charge in [0.1, 0.15) is 0 Å². The average Bonchev–Trinajstić information content (AvgIpc) is 2.52. The van der Waals surface area contributed by atoms with Gasteiger partial charge in [-0.3, -0.25) is 14.9 Å². The summed E-state index contributed by atoms with van der Waals surface area (Å²) in [4.78, 5) is 21.9. The molecule has 0 aromatic heterocycles. The maximum absolute atomic E-state index is 12.6. The fourth-order valence-electron chi connectivity index (χ4n) is 1.82. The maximum atomic E-state index is 12.6. The molecule has 2 aromatic carbocycles. The van der Waals surface area contributed by atoms with Crippen molar-refractivity contribution in [3.8, 4) is 0 Å². The third-order valence-corrected chi connectivity index (χ3v) is 3.01. The van der Waals surface area contributed by atoms with Crippen LogP contribution < -0.4 is 0 Å². The Morgan fingerprint density at radius 1 is 1.09 bits per heavy atom. The summed E-state index contributed by atoms with van der Waals surface area (Å²) >= 11 is 0. The molecular weight excluding hydrogens is 311 g/mol. The lowest BCUT2D eigenvalue weighted by atomic mass is 10.1. The first-order chi connectivity index (χ1) is 10.8. The lowest BCUT2D eigenvalue weighted by Crippen LogP contribution is -2.06. The minimum atomic E-state index is -4.52. The smallest absolute Gasteiger partial charge is 0.289 e. The van der Waals surface area contributed by atoms with E-state index in [9.17, 15) is 28.1 Å². The summed E-state index contributed by atoms with van der Waals surface area (Å²) in [5, 5.41) is 10.5. The number of carbonyl (C=O) groups excluding carboxylic acids is 1. The van der Waals surface area contributed by atoms with Gasteiger partial charge >= 0.3 is 6.18 Å². The van der Waals surface area contributed by atoms with E-state index in [0.29, 0.717) is 5.56 Å². The number of benzene rings is 2. The van der Waals surface area contributed by atoms with Gasteiger partial charge in [-0.2, -0.15) is 13.2 Å². The Hall–Kier alpha value is -2.96. The first-order valence-electron chi connectivity index (χ1n) is 6.41. The molecule has 0 aliphatic carbocycles. The van der Waals surface area contributed by atoms with Crippen molar-refractivity contribution in [1.29, 1.82) is 0 Å². The molecule has 2 aromatic rings. The molecule has 4 nitrogen and oxygen atoms in total. The van der Waals surface area contributed by atoms with E-state index in [-0.39, 0.29) is 11.3 Å². The van der Waals surface area contributed by atoms with E-state index in [0.717, 1.165) is 24.3 Å². The van der Waals surface area contributed by atoms with Crippen molar-refractivity contribution in [2.45, 2.75) is 6.18 Å². The number of ketones is 1. The van der Waals surface area contributed by atoms with Crippen LogP contribution in [0.1, 0.15) is 21.5 Å². The second-order valence-electron chi connectivity index (χ2n) is 4.62. The molecule has 0 unspecified atom stereocenters. The normalized spacial score (nSPS) is 11.6. The number of allylic oxidation sites excluding steroid dienone is 1. The summed E-state index contributed by atoms with van der Waals surface area (Å²) in [6.07, 6.45) is -2.01. The molecule has 0 amide bonds. The summed E-state index contributed by atoms with van der Waals surface area (Å²) in [6.45, 7) is 0.